The molecule has 0 fully saturated rings. The van der Waals surface area contributed by atoms with E-state index in [4.69, 9.17) is 0 Å². The van der Waals surface area contributed by atoms with E-state index >= 15 is 0 Å². The molecule has 3 N–H and O–H groups in total. The number of carbonyl (C=O) groups is 2. The molecule has 0 aliphatic rings. The predicted molar refractivity (Wildman–Crippen MR) is 112 cm³/mol. The Morgan fingerprint density at radius 3 is 2.16 bits per heavy atom. The summed E-state index contributed by atoms with van der Waals surface area (Å²) in [5.41, 5.74) is -0.267. The molecular weight excluding hydrogens is 548 g/mol. The zero-order chi connectivity index (χ0) is 18.6. The number of rotatable bonds is 6. The van der Waals surface area contributed by atoms with Gasteiger partial charge >= 0.3 is 5.97 Å². The highest BCUT2D eigenvalue weighted by Crippen LogP contribution is 2.29. The van der Waals surface area contributed by atoms with Crippen LogP contribution >= 0.6 is 45.2 Å². The lowest BCUT2D eigenvalue weighted by molar-refractivity contribution is -0.144. The maximum atomic E-state index is 12.5. The van der Waals surface area contributed by atoms with Gasteiger partial charge in [0.2, 0.25) is 0 Å². The molecule has 1 atom stereocenters. The minimum atomic E-state index is -1.42. The summed E-state index contributed by atoms with van der Waals surface area (Å²) in [6.07, 6.45) is 0.360. The van der Waals surface area contributed by atoms with Gasteiger partial charge in [0.05, 0.1) is 7.14 Å². The Morgan fingerprint density at radius 2 is 1.68 bits per heavy atom. The van der Waals surface area contributed by atoms with Crippen LogP contribution in [-0.2, 0) is 11.2 Å². The molecule has 0 saturated heterocycles. The Balaban J connectivity index is 2.35. The fourth-order valence-corrected chi connectivity index (χ4v) is 4.38. The molecule has 7 heteroatoms. The molecule has 0 spiro atoms. The number of amides is 1. The lowest BCUT2D eigenvalue weighted by Gasteiger charge is -2.30. The van der Waals surface area contributed by atoms with Crippen LogP contribution in [0.3, 0.4) is 0 Å². The standard InChI is InChI=1S/C18H17I2NO4/c1-2-18(17(24)25,21-16(23)12-6-4-3-5-7-12)10-11-8-13(19)15(22)14(20)9-11/h3-9,22H,2,10H2,1H3,(H,21,23)(H,24,25). The number of halogens is 2. The second-order valence-electron chi connectivity index (χ2n) is 5.65. The first-order valence-corrected chi connectivity index (χ1v) is 9.72. The summed E-state index contributed by atoms with van der Waals surface area (Å²) >= 11 is 4.00. The minimum absolute atomic E-state index is 0.129. The van der Waals surface area contributed by atoms with Gasteiger partial charge < -0.3 is 15.5 Å². The van der Waals surface area contributed by atoms with Crippen LogP contribution in [0.25, 0.3) is 0 Å². The Morgan fingerprint density at radius 1 is 1.12 bits per heavy atom. The van der Waals surface area contributed by atoms with E-state index in [0.717, 1.165) is 5.56 Å². The van der Waals surface area contributed by atoms with E-state index < -0.39 is 17.4 Å². The van der Waals surface area contributed by atoms with Gasteiger partial charge in [-0.15, -0.1) is 0 Å². The van der Waals surface area contributed by atoms with Crippen LogP contribution in [0.1, 0.15) is 29.3 Å². The molecule has 0 bridgehead atoms. The van der Waals surface area contributed by atoms with Crippen LogP contribution < -0.4 is 5.32 Å². The Kier molecular flexibility index (Phi) is 6.66. The number of phenols is 1. The molecule has 0 radical (unpaired) electrons. The fraction of sp³-hybridized carbons (Fsp3) is 0.222. The molecule has 0 aliphatic heterocycles. The molecule has 25 heavy (non-hydrogen) atoms. The number of hydrogen-bond donors (Lipinski definition) is 3. The van der Waals surface area contributed by atoms with Gasteiger partial charge in [-0.25, -0.2) is 4.79 Å². The van der Waals surface area contributed by atoms with Gasteiger partial charge in [-0.2, -0.15) is 0 Å². The zero-order valence-electron chi connectivity index (χ0n) is 13.4. The predicted octanol–water partition coefficient (Wildman–Crippen LogP) is 3.81. The lowest BCUT2D eigenvalue weighted by atomic mass is 9.87. The third-order valence-electron chi connectivity index (χ3n) is 3.98. The Hall–Kier alpha value is -1.36. The summed E-state index contributed by atoms with van der Waals surface area (Å²) in [6, 6.07) is 12.0. The average molecular weight is 565 g/mol. The quantitative estimate of drug-likeness (QED) is 0.466. The maximum Gasteiger partial charge on any atom is 0.329 e. The number of carbonyl (C=O) groups excluding carboxylic acids is 1. The zero-order valence-corrected chi connectivity index (χ0v) is 17.7. The second-order valence-corrected chi connectivity index (χ2v) is 7.97. The third-order valence-corrected chi connectivity index (χ3v) is 5.63. The number of carboxylic acid groups (broad SMARTS) is 1. The summed E-state index contributed by atoms with van der Waals surface area (Å²) in [5.74, 6) is -1.33. The van der Waals surface area contributed by atoms with Gasteiger partial charge in [-0.05, 0) is 81.4 Å². The molecule has 1 unspecified atom stereocenters. The topological polar surface area (TPSA) is 86.6 Å². The summed E-state index contributed by atoms with van der Waals surface area (Å²) in [7, 11) is 0. The Bertz CT molecular complexity index is 772. The number of hydrogen-bond acceptors (Lipinski definition) is 3. The van der Waals surface area contributed by atoms with Crippen molar-refractivity contribution in [3.63, 3.8) is 0 Å². The number of aromatic hydroxyl groups is 1. The van der Waals surface area contributed by atoms with E-state index in [1.54, 1.807) is 49.4 Å². The number of carboxylic acids is 1. The van der Waals surface area contributed by atoms with Gasteiger partial charge in [-0.1, -0.05) is 25.1 Å². The van der Waals surface area contributed by atoms with E-state index in [2.05, 4.69) is 5.32 Å². The summed E-state index contributed by atoms with van der Waals surface area (Å²) in [5, 5.41) is 22.4. The van der Waals surface area contributed by atoms with Crippen molar-refractivity contribution in [3.05, 3.63) is 60.7 Å². The molecule has 0 aliphatic carbocycles. The number of benzene rings is 2. The molecule has 132 valence electrons. The highest BCUT2D eigenvalue weighted by atomic mass is 127. The number of aliphatic carboxylic acids is 1. The first-order valence-electron chi connectivity index (χ1n) is 7.57. The molecule has 1 amide bonds. The first kappa shape index (κ1) is 20.0. The van der Waals surface area contributed by atoms with Crippen molar-refractivity contribution in [2.45, 2.75) is 25.3 Å². The summed E-state index contributed by atoms with van der Waals surface area (Å²) < 4.78 is 1.29. The smallest absolute Gasteiger partial charge is 0.329 e. The van der Waals surface area contributed by atoms with Gasteiger partial charge in [0.1, 0.15) is 11.3 Å². The lowest BCUT2D eigenvalue weighted by Crippen LogP contribution is -2.55. The number of nitrogens with one attached hydrogen (secondary N) is 1. The minimum Gasteiger partial charge on any atom is -0.506 e. The highest BCUT2D eigenvalue weighted by molar-refractivity contribution is 14.1. The van der Waals surface area contributed by atoms with Crippen LogP contribution in [0.4, 0.5) is 0 Å². The third kappa shape index (κ3) is 4.63. The molecule has 0 aromatic heterocycles. The van der Waals surface area contributed by atoms with E-state index in [1.165, 1.54) is 0 Å². The molecule has 0 heterocycles. The van der Waals surface area contributed by atoms with E-state index in [9.17, 15) is 19.8 Å². The SMILES string of the molecule is CCC(Cc1cc(I)c(O)c(I)c1)(NC(=O)c1ccccc1)C(=O)O. The molecule has 2 rings (SSSR count). The first-order chi connectivity index (χ1) is 11.8. The second kappa shape index (κ2) is 8.35. The van der Waals surface area contributed by atoms with E-state index in [0.29, 0.717) is 12.7 Å². The summed E-state index contributed by atoms with van der Waals surface area (Å²) in [6.45, 7) is 1.73. The van der Waals surface area contributed by atoms with E-state index in [-0.39, 0.29) is 18.6 Å². The van der Waals surface area contributed by atoms with Crippen molar-refractivity contribution >= 4 is 57.1 Å². The van der Waals surface area contributed by atoms with E-state index in [1.807, 2.05) is 45.2 Å². The molecule has 5 nitrogen and oxygen atoms in total. The van der Waals surface area contributed by atoms with Gasteiger partial charge in [0.15, 0.2) is 0 Å². The van der Waals surface area contributed by atoms with Crippen molar-refractivity contribution in [1.29, 1.82) is 0 Å². The fourth-order valence-electron chi connectivity index (χ4n) is 2.49. The van der Waals surface area contributed by atoms with Crippen molar-refractivity contribution in [1.82, 2.24) is 5.32 Å². The van der Waals surface area contributed by atoms with Crippen LogP contribution in [-0.4, -0.2) is 27.6 Å². The van der Waals surface area contributed by atoms with Crippen LogP contribution in [0.15, 0.2) is 42.5 Å². The largest absolute Gasteiger partial charge is 0.506 e. The van der Waals surface area contributed by atoms with Gasteiger partial charge in [0, 0.05) is 12.0 Å². The average Bonchev–Trinajstić information content (AvgIpc) is 2.59. The van der Waals surface area contributed by atoms with Gasteiger partial charge in [-0.3, -0.25) is 4.79 Å². The monoisotopic (exact) mass is 565 g/mol. The normalized spacial score (nSPS) is 13.1. The summed E-state index contributed by atoms with van der Waals surface area (Å²) in [4.78, 5) is 24.5. The molecule has 0 saturated carbocycles. The van der Waals surface area contributed by atoms with Gasteiger partial charge in [0.25, 0.3) is 5.91 Å². The Labute approximate surface area is 173 Å². The van der Waals surface area contributed by atoms with Crippen molar-refractivity contribution in [2.75, 3.05) is 0 Å². The molecular formula is C18H17I2NO4. The number of phenolic OH excluding ortho intramolecular Hbond substituents is 1. The van der Waals surface area contributed by atoms with Crippen LogP contribution in [0.5, 0.6) is 5.75 Å². The van der Waals surface area contributed by atoms with Crippen molar-refractivity contribution in [3.8, 4) is 5.75 Å². The molecule has 2 aromatic rings. The van der Waals surface area contributed by atoms with Crippen LogP contribution in [0, 0.1) is 7.14 Å². The van der Waals surface area contributed by atoms with Crippen molar-refractivity contribution < 1.29 is 19.8 Å². The highest BCUT2D eigenvalue weighted by Gasteiger charge is 2.39. The van der Waals surface area contributed by atoms with Crippen LogP contribution in [0.2, 0.25) is 0 Å². The maximum absolute atomic E-state index is 12.5. The van der Waals surface area contributed by atoms with Crippen molar-refractivity contribution in [2.24, 2.45) is 0 Å². The molecule has 2 aromatic carbocycles.